The number of para-hydroxylation sites is 1. The van der Waals surface area contributed by atoms with Crippen LogP contribution in [-0.4, -0.2) is 57.0 Å². The zero-order valence-corrected chi connectivity index (χ0v) is 17.7. The minimum Gasteiger partial charge on any atom is -0.351 e. The van der Waals surface area contributed by atoms with Gasteiger partial charge in [-0.25, -0.2) is 0 Å². The van der Waals surface area contributed by atoms with Gasteiger partial charge < -0.3 is 14.4 Å². The summed E-state index contributed by atoms with van der Waals surface area (Å²) >= 11 is 0. The molecule has 0 radical (unpaired) electrons. The summed E-state index contributed by atoms with van der Waals surface area (Å²) in [4.78, 5) is 25.0. The standard InChI is InChI=1S/C24H25N5O2/c1-16-7-9-18(10-8-16)22-26-23(31-27-22)17(2)28-11-13-29(14-12-28)24(30)21-15-19-5-3-4-6-20(19)25-21/h3-10,15,17,25H,11-14H2,1-2H3. The maximum atomic E-state index is 12.9. The minimum absolute atomic E-state index is 0.00275. The van der Waals surface area contributed by atoms with Crippen LogP contribution in [0.1, 0.15) is 34.9 Å². The van der Waals surface area contributed by atoms with Crippen LogP contribution in [0.2, 0.25) is 0 Å². The molecule has 1 aliphatic heterocycles. The van der Waals surface area contributed by atoms with Gasteiger partial charge in [-0.2, -0.15) is 4.98 Å². The van der Waals surface area contributed by atoms with Crippen molar-refractivity contribution >= 4 is 16.8 Å². The van der Waals surface area contributed by atoms with Crippen LogP contribution in [0.3, 0.4) is 0 Å². The van der Waals surface area contributed by atoms with Gasteiger partial charge in [-0.15, -0.1) is 0 Å². The van der Waals surface area contributed by atoms with Crippen LogP contribution in [0, 0.1) is 6.92 Å². The molecule has 1 saturated heterocycles. The Bertz CT molecular complexity index is 1170. The fraction of sp³-hybridized carbons (Fsp3) is 0.292. The van der Waals surface area contributed by atoms with Gasteiger partial charge in [0.05, 0.1) is 6.04 Å². The van der Waals surface area contributed by atoms with Gasteiger partial charge in [0, 0.05) is 42.6 Å². The van der Waals surface area contributed by atoms with Crippen molar-refractivity contribution in [2.45, 2.75) is 19.9 Å². The number of carbonyl (C=O) groups excluding carboxylic acids is 1. The molecule has 0 aliphatic carbocycles. The average molecular weight is 415 g/mol. The molecular formula is C24H25N5O2. The van der Waals surface area contributed by atoms with E-state index in [1.165, 1.54) is 5.56 Å². The number of carbonyl (C=O) groups is 1. The molecule has 2 aromatic carbocycles. The SMILES string of the molecule is Cc1ccc(-c2noc(C(C)N3CCN(C(=O)c4cc5ccccc5[nH]4)CC3)n2)cc1. The Kier molecular flexibility index (Phi) is 5.03. The number of nitrogens with zero attached hydrogens (tertiary/aromatic N) is 4. The maximum Gasteiger partial charge on any atom is 0.270 e. The van der Waals surface area contributed by atoms with E-state index in [1.54, 1.807) is 0 Å². The van der Waals surface area contributed by atoms with Crippen LogP contribution < -0.4 is 0 Å². The first kappa shape index (κ1) is 19.5. The number of hydrogen-bond donors (Lipinski definition) is 1. The molecule has 5 rings (SSSR count). The van der Waals surface area contributed by atoms with Crippen molar-refractivity contribution in [3.05, 3.63) is 71.7 Å². The second-order valence-corrected chi connectivity index (χ2v) is 8.10. The van der Waals surface area contributed by atoms with Crippen molar-refractivity contribution in [2.24, 2.45) is 0 Å². The third-order valence-corrected chi connectivity index (χ3v) is 6.02. The third kappa shape index (κ3) is 3.84. The number of fused-ring (bicyclic) bond motifs is 1. The summed E-state index contributed by atoms with van der Waals surface area (Å²) in [6.45, 7) is 6.97. The number of hydrogen-bond acceptors (Lipinski definition) is 5. The normalized spacial score (nSPS) is 16.0. The van der Waals surface area contributed by atoms with Crippen LogP contribution in [-0.2, 0) is 0 Å². The summed E-state index contributed by atoms with van der Waals surface area (Å²) in [5.41, 5.74) is 3.77. The highest BCUT2D eigenvalue weighted by Gasteiger charge is 2.28. The van der Waals surface area contributed by atoms with Crippen molar-refractivity contribution in [1.29, 1.82) is 0 Å². The van der Waals surface area contributed by atoms with Crippen LogP contribution in [0.5, 0.6) is 0 Å². The van der Waals surface area contributed by atoms with E-state index in [4.69, 9.17) is 4.52 Å². The van der Waals surface area contributed by atoms with Crippen molar-refractivity contribution in [3.8, 4) is 11.4 Å². The largest absolute Gasteiger partial charge is 0.351 e. The fourth-order valence-electron chi connectivity index (χ4n) is 4.05. The predicted octanol–water partition coefficient (Wildman–Crippen LogP) is 4.05. The Morgan fingerprint density at radius 3 is 2.55 bits per heavy atom. The van der Waals surface area contributed by atoms with Gasteiger partial charge in [-0.1, -0.05) is 53.2 Å². The minimum atomic E-state index is -0.00275. The molecule has 7 nitrogen and oxygen atoms in total. The second kappa shape index (κ2) is 8.00. The van der Waals surface area contributed by atoms with Crippen molar-refractivity contribution in [3.63, 3.8) is 0 Å². The highest BCUT2D eigenvalue weighted by Crippen LogP contribution is 2.24. The van der Waals surface area contributed by atoms with E-state index in [0.29, 0.717) is 30.5 Å². The maximum absolute atomic E-state index is 12.9. The van der Waals surface area contributed by atoms with E-state index in [9.17, 15) is 4.79 Å². The Balaban J connectivity index is 1.23. The van der Waals surface area contributed by atoms with Crippen LogP contribution in [0.4, 0.5) is 0 Å². The second-order valence-electron chi connectivity index (χ2n) is 8.10. The first-order valence-corrected chi connectivity index (χ1v) is 10.6. The number of piperazine rings is 1. The number of aromatic nitrogens is 3. The molecule has 1 atom stereocenters. The number of amides is 1. The molecule has 1 fully saturated rings. The van der Waals surface area contributed by atoms with Gasteiger partial charge in [0.1, 0.15) is 5.69 Å². The average Bonchev–Trinajstić information content (AvgIpc) is 3.46. The van der Waals surface area contributed by atoms with E-state index in [0.717, 1.165) is 29.6 Å². The van der Waals surface area contributed by atoms with E-state index in [1.807, 2.05) is 59.5 Å². The Morgan fingerprint density at radius 2 is 1.81 bits per heavy atom. The van der Waals surface area contributed by atoms with Crippen LogP contribution in [0.25, 0.3) is 22.3 Å². The lowest BCUT2D eigenvalue weighted by Crippen LogP contribution is -2.49. The molecule has 4 aromatic rings. The fourth-order valence-corrected chi connectivity index (χ4v) is 4.05. The molecule has 1 unspecified atom stereocenters. The van der Waals surface area contributed by atoms with Gasteiger partial charge in [0.15, 0.2) is 0 Å². The Labute approximate surface area is 180 Å². The van der Waals surface area contributed by atoms with E-state index < -0.39 is 0 Å². The van der Waals surface area contributed by atoms with Gasteiger partial charge in [0.2, 0.25) is 11.7 Å². The number of aryl methyl sites for hydroxylation is 1. The topological polar surface area (TPSA) is 78.3 Å². The molecular weight excluding hydrogens is 390 g/mol. The quantitative estimate of drug-likeness (QED) is 0.544. The molecule has 158 valence electrons. The lowest BCUT2D eigenvalue weighted by atomic mass is 10.1. The smallest absolute Gasteiger partial charge is 0.270 e. The van der Waals surface area contributed by atoms with Gasteiger partial charge >= 0.3 is 0 Å². The van der Waals surface area contributed by atoms with Gasteiger partial charge in [0.25, 0.3) is 5.91 Å². The molecule has 0 saturated carbocycles. The molecule has 1 aliphatic rings. The number of rotatable bonds is 4. The van der Waals surface area contributed by atoms with E-state index in [2.05, 4.69) is 33.9 Å². The van der Waals surface area contributed by atoms with Crippen molar-refractivity contribution in [1.82, 2.24) is 24.9 Å². The van der Waals surface area contributed by atoms with Crippen molar-refractivity contribution < 1.29 is 9.32 Å². The Morgan fingerprint density at radius 1 is 1.06 bits per heavy atom. The van der Waals surface area contributed by atoms with Crippen LogP contribution >= 0.6 is 0 Å². The summed E-state index contributed by atoms with van der Waals surface area (Å²) in [7, 11) is 0. The lowest BCUT2D eigenvalue weighted by molar-refractivity contribution is 0.0547. The summed E-state index contributed by atoms with van der Waals surface area (Å²) in [5, 5.41) is 5.21. The molecule has 1 amide bonds. The summed E-state index contributed by atoms with van der Waals surface area (Å²) < 4.78 is 5.55. The number of nitrogens with one attached hydrogen (secondary N) is 1. The zero-order valence-electron chi connectivity index (χ0n) is 17.7. The molecule has 7 heteroatoms. The highest BCUT2D eigenvalue weighted by atomic mass is 16.5. The summed E-state index contributed by atoms with van der Waals surface area (Å²) in [6, 6.07) is 18.0. The van der Waals surface area contributed by atoms with E-state index in [-0.39, 0.29) is 11.9 Å². The number of benzene rings is 2. The number of H-pyrrole nitrogens is 1. The molecule has 3 heterocycles. The Hall–Kier alpha value is -3.45. The first-order valence-electron chi connectivity index (χ1n) is 10.6. The van der Waals surface area contributed by atoms with Gasteiger partial charge in [-0.05, 0) is 26.0 Å². The highest BCUT2D eigenvalue weighted by molar-refractivity contribution is 5.98. The van der Waals surface area contributed by atoms with Gasteiger partial charge in [-0.3, -0.25) is 9.69 Å². The summed E-state index contributed by atoms with van der Waals surface area (Å²) in [5.74, 6) is 1.25. The third-order valence-electron chi connectivity index (χ3n) is 6.02. The van der Waals surface area contributed by atoms with E-state index >= 15 is 0 Å². The molecule has 31 heavy (non-hydrogen) atoms. The zero-order chi connectivity index (χ0) is 21.4. The monoisotopic (exact) mass is 415 g/mol. The molecule has 1 N–H and O–H groups in total. The van der Waals surface area contributed by atoms with Crippen LogP contribution in [0.15, 0.2) is 59.1 Å². The molecule has 0 bridgehead atoms. The van der Waals surface area contributed by atoms with Crippen molar-refractivity contribution in [2.75, 3.05) is 26.2 Å². The molecule has 2 aromatic heterocycles. The summed E-state index contributed by atoms with van der Waals surface area (Å²) in [6.07, 6.45) is 0. The number of aromatic amines is 1. The first-order chi connectivity index (χ1) is 15.1. The lowest BCUT2D eigenvalue weighted by Gasteiger charge is -2.36. The predicted molar refractivity (Wildman–Crippen MR) is 119 cm³/mol. The molecule has 0 spiro atoms.